The second-order valence-corrected chi connectivity index (χ2v) is 4.32. The monoisotopic (exact) mass is 202 g/mol. The average Bonchev–Trinajstić information content (AvgIpc) is 2.03. The van der Waals surface area contributed by atoms with Crippen molar-refractivity contribution >= 4 is 5.97 Å². The minimum absolute atomic E-state index is 0.0322. The van der Waals surface area contributed by atoms with Crippen LogP contribution in [0.2, 0.25) is 0 Å². The zero-order valence-electron chi connectivity index (χ0n) is 9.83. The van der Waals surface area contributed by atoms with E-state index in [1.54, 1.807) is 20.8 Å². The minimum atomic E-state index is -1.34. The first kappa shape index (κ1) is 13.4. The van der Waals surface area contributed by atoms with Crippen LogP contribution in [-0.2, 0) is 9.53 Å². The van der Waals surface area contributed by atoms with Crippen LogP contribution in [0.4, 0.5) is 0 Å². The van der Waals surface area contributed by atoms with E-state index >= 15 is 0 Å². The van der Waals surface area contributed by atoms with Crippen LogP contribution < -0.4 is 0 Å². The Morgan fingerprint density at radius 1 is 1.43 bits per heavy atom. The molecule has 2 atom stereocenters. The third-order valence-corrected chi connectivity index (χ3v) is 2.41. The Hall–Kier alpha value is -0.570. The molecule has 0 saturated carbocycles. The van der Waals surface area contributed by atoms with Gasteiger partial charge in [-0.1, -0.05) is 34.1 Å². The van der Waals surface area contributed by atoms with Crippen LogP contribution in [0.1, 0.15) is 47.5 Å². The summed E-state index contributed by atoms with van der Waals surface area (Å²) in [7, 11) is 0. The van der Waals surface area contributed by atoms with Crippen molar-refractivity contribution in [3.05, 3.63) is 0 Å². The van der Waals surface area contributed by atoms with Crippen molar-refractivity contribution in [3.8, 4) is 0 Å². The number of rotatable bonds is 5. The van der Waals surface area contributed by atoms with Gasteiger partial charge in [0.1, 0.15) is 0 Å². The zero-order valence-corrected chi connectivity index (χ0v) is 9.83. The van der Waals surface area contributed by atoms with Crippen molar-refractivity contribution in [2.24, 2.45) is 11.8 Å². The fourth-order valence-corrected chi connectivity index (χ4v) is 1.12. The maximum Gasteiger partial charge on any atom is 0.310 e. The predicted molar refractivity (Wildman–Crippen MR) is 55.6 cm³/mol. The summed E-state index contributed by atoms with van der Waals surface area (Å²) < 4.78 is 5.03. The van der Waals surface area contributed by atoms with Gasteiger partial charge in [-0.25, -0.2) is 0 Å². The van der Waals surface area contributed by atoms with E-state index in [0.29, 0.717) is 0 Å². The summed E-state index contributed by atoms with van der Waals surface area (Å²) in [6, 6.07) is 0. The minimum Gasteiger partial charge on any atom is -0.433 e. The molecule has 2 unspecified atom stereocenters. The third kappa shape index (κ3) is 4.09. The SMILES string of the molecule is CCCC(C)C(C)(O)OC(=O)C(C)C. The van der Waals surface area contributed by atoms with E-state index in [9.17, 15) is 9.90 Å². The van der Waals surface area contributed by atoms with Crippen LogP contribution in [0.5, 0.6) is 0 Å². The van der Waals surface area contributed by atoms with Crippen LogP contribution in [0.15, 0.2) is 0 Å². The van der Waals surface area contributed by atoms with E-state index in [1.165, 1.54) is 0 Å². The van der Waals surface area contributed by atoms with Crippen LogP contribution in [-0.4, -0.2) is 16.9 Å². The Bertz CT molecular complexity index is 185. The van der Waals surface area contributed by atoms with Crippen molar-refractivity contribution in [2.45, 2.75) is 53.2 Å². The normalized spacial score (nSPS) is 17.6. The van der Waals surface area contributed by atoms with E-state index in [2.05, 4.69) is 0 Å². The highest BCUT2D eigenvalue weighted by molar-refractivity contribution is 5.71. The number of hydrogen-bond donors (Lipinski definition) is 1. The summed E-state index contributed by atoms with van der Waals surface area (Å²) in [5.74, 6) is -1.92. The maximum atomic E-state index is 11.3. The van der Waals surface area contributed by atoms with Crippen LogP contribution in [0, 0.1) is 11.8 Å². The quantitative estimate of drug-likeness (QED) is 0.550. The lowest BCUT2D eigenvalue weighted by Crippen LogP contribution is -2.39. The smallest absolute Gasteiger partial charge is 0.310 e. The molecule has 3 heteroatoms. The molecule has 0 spiro atoms. The van der Waals surface area contributed by atoms with Crippen molar-refractivity contribution in [1.29, 1.82) is 0 Å². The van der Waals surface area contributed by atoms with E-state index in [0.717, 1.165) is 12.8 Å². The molecule has 0 rings (SSSR count). The molecule has 0 heterocycles. The molecule has 0 fully saturated rings. The van der Waals surface area contributed by atoms with Gasteiger partial charge in [-0.15, -0.1) is 0 Å². The van der Waals surface area contributed by atoms with Gasteiger partial charge in [0.2, 0.25) is 5.79 Å². The molecule has 84 valence electrons. The molecule has 0 aliphatic carbocycles. The Morgan fingerprint density at radius 3 is 2.29 bits per heavy atom. The summed E-state index contributed by atoms with van der Waals surface area (Å²) >= 11 is 0. The summed E-state index contributed by atoms with van der Waals surface area (Å²) in [5.41, 5.74) is 0. The standard InChI is InChI=1S/C11H22O3/c1-6-7-9(4)11(5,13)14-10(12)8(2)3/h8-9,13H,6-7H2,1-5H3. The number of carbonyl (C=O) groups excluding carboxylic acids is 1. The predicted octanol–water partition coefficient (Wildman–Crippen LogP) is 2.33. The molecule has 0 bridgehead atoms. The Kier molecular flexibility index (Phi) is 5.13. The largest absolute Gasteiger partial charge is 0.433 e. The fraction of sp³-hybridized carbons (Fsp3) is 0.909. The molecule has 0 aromatic heterocycles. The van der Waals surface area contributed by atoms with Crippen LogP contribution in [0.25, 0.3) is 0 Å². The van der Waals surface area contributed by atoms with Gasteiger partial charge in [0.25, 0.3) is 0 Å². The number of aliphatic hydroxyl groups is 1. The number of carbonyl (C=O) groups is 1. The average molecular weight is 202 g/mol. The first-order valence-corrected chi connectivity index (χ1v) is 5.26. The highest BCUT2D eigenvalue weighted by Gasteiger charge is 2.32. The van der Waals surface area contributed by atoms with Gasteiger partial charge in [0.05, 0.1) is 5.92 Å². The lowest BCUT2D eigenvalue weighted by Gasteiger charge is -2.30. The molecule has 0 radical (unpaired) electrons. The van der Waals surface area contributed by atoms with Crippen molar-refractivity contribution in [1.82, 2.24) is 0 Å². The molecule has 0 amide bonds. The van der Waals surface area contributed by atoms with E-state index in [4.69, 9.17) is 4.74 Å². The lowest BCUT2D eigenvalue weighted by molar-refractivity contribution is -0.224. The van der Waals surface area contributed by atoms with Gasteiger partial charge in [-0.3, -0.25) is 4.79 Å². The Balaban J connectivity index is 4.25. The highest BCUT2D eigenvalue weighted by Crippen LogP contribution is 2.23. The summed E-state index contributed by atoms with van der Waals surface area (Å²) in [6.45, 7) is 8.98. The fourth-order valence-electron chi connectivity index (χ4n) is 1.12. The van der Waals surface area contributed by atoms with E-state index in [1.807, 2.05) is 13.8 Å². The summed E-state index contributed by atoms with van der Waals surface area (Å²) in [6.07, 6.45) is 1.81. The molecule has 0 saturated heterocycles. The van der Waals surface area contributed by atoms with Crippen molar-refractivity contribution in [2.75, 3.05) is 0 Å². The lowest BCUT2D eigenvalue weighted by atomic mass is 9.97. The van der Waals surface area contributed by atoms with Crippen LogP contribution in [0.3, 0.4) is 0 Å². The van der Waals surface area contributed by atoms with E-state index < -0.39 is 5.79 Å². The first-order chi connectivity index (χ1) is 6.31. The van der Waals surface area contributed by atoms with Gasteiger partial charge in [0, 0.05) is 12.8 Å². The molecule has 0 aromatic carbocycles. The number of ether oxygens (including phenoxy) is 1. The first-order valence-electron chi connectivity index (χ1n) is 5.26. The molecule has 1 N–H and O–H groups in total. The summed E-state index contributed by atoms with van der Waals surface area (Å²) in [4.78, 5) is 11.3. The molecule has 0 aromatic rings. The van der Waals surface area contributed by atoms with Crippen molar-refractivity contribution in [3.63, 3.8) is 0 Å². The molecular weight excluding hydrogens is 180 g/mol. The topological polar surface area (TPSA) is 46.5 Å². The molecule has 14 heavy (non-hydrogen) atoms. The molecular formula is C11H22O3. The second-order valence-electron chi connectivity index (χ2n) is 4.32. The Morgan fingerprint density at radius 2 is 1.93 bits per heavy atom. The number of hydrogen-bond acceptors (Lipinski definition) is 3. The molecule has 0 aliphatic rings. The maximum absolute atomic E-state index is 11.3. The third-order valence-electron chi connectivity index (χ3n) is 2.41. The van der Waals surface area contributed by atoms with Gasteiger partial charge in [-0.2, -0.15) is 0 Å². The van der Waals surface area contributed by atoms with Crippen molar-refractivity contribution < 1.29 is 14.6 Å². The summed E-state index contributed by atoms with van der Waals surface area (Å²) in [5, 5.41) is 9.89. The van der Waals surface area contributed by atoms with Crippen LogP contribution >= 0.6 is 0 Å². The highest BCUT2D eigenvalue weighted by atomic mass is 16.7. The van der Waals surface area contributed by atoms with Gasteiger partial charge in [-0.05, 0) is 6.42 Å². The number of esters is 1. The second kappa shape index (κ2) is 5.35. The molecule has 0 aliphatic heterocycles. The van der Waals surface area contributed by atoms with E-state index in [-0.39, 0.29) is 17.8 Å². The zero-order chi connectivity index (χ0) is 11.4. The van der Waals surface area contributed by atoms with Gasteiger partial charge >= 0.3 is 5.97 Å². The van der Waals surface area contributed by atoms with Gasteiger partial charge in [0.15, 0.2) is 0 Å². The van der Waals surface area contributed by atoms with Gasteiger partial charge < -0.3 is 9.84 Å². The molecule has 3 nitrogen and oxygen atoms in total. The Labute approximate surface area is 86.5 Å².